The summed E-state index contributed by atoms with van der Waals surface area (Å²) in [4.78, 5) is 15.8. The molecule has 5 nitrogen and oxygen atoms in total. The van der Waals surface area contributed by atoms with E-state index in [9.17, 15) is 13.2 Å². The van der Waals surface area contributed by atoms with E-state index in [4.69, 9.17) is 0 Å². The molecule has 1 aliphatic rings. The van der Waals surface area contributed by atoms with Gasteiger partial charge in [0.2, 0.25) is 15.9 Å². The van der Waals surface area contributed by atoms with E-state index in [0.717, 1.165) is 4.90 Å². The Morgan fingerprint density at radius 2 is 1.46 bits per heavy atom. The number of sulfonamides is 1. The van der Waals surface area contributed by atoms with Crippen LogP contribution in [0, 0.1) is 0 Å². The molecule has 1 amide bonds. The summed E-state index contributed by atoms with van der Waals surface area (Å²) in [7, 11) is -3.49. The van der Waals surface area contributed by atoms with Gasteiger partial charge in [0, 0.05) is 31.1 Å². The molecule has 1 aliphatic heterocycles. The minimum absolute atomic E-state index is 0.0515. The van der Waals surface area contributed by atoms with Gasteiger partial charge in [0.15, 0.2) is 0 Å². The molecule has 2 aromatic rings. The van der Waals surface area contributed by atoms with Crippen molar-refractivity contribution in [3.63, 3.8) is 0 Å². The number of piperazine rings is 1. The number of carbonyl (C=O) groups is 1. The van der Waals surface area contributed by atoms with Crippen molar-refractivity contribution < 1.29 is 13.2 Å². The van der Waals surface area contributed by atoms with Crippen molar-refractivity contribution in [2.75, 3.05) is 26.2 Å². The molecule has 0 bridgehead atoms. The molecular weight excluding hydrogens is 368 g/mol. The van der Waals surface area contributed by atoms with Crippen molar-refractivity contribution in [2.45, 2.75) is 22.0 Å². The third-order valence-electron chi connectivity index (χ3n) is 4.34. The molecule has 0 unspecified atom stereocenters. The summed E-state index contributed by atoms with van der Waals surface area (Å²) in [5, 5.41) is -0.199. The molecule has 0 spiro atoms. The highest BCUT2D eigenvalue weighted by molar-refractivity contribution is 8.00. The fourth-order valence-electron chi connectivity index (χ4n) is 2.90. The third kappa shape index (κ3) is 4.28. The summed E-state index contributed by atoms with van der Waals surface area (Å²) in [6, 6.07) is 18.3. The van der Waals surface area contributed by atoms with Gasteiger partial charge >= 0.3 is 0 Å². The van der Waals surface area contributed by atoms with Crippen LogP contribution in [0.1, 0.15) is 6.92 Å². The predicted octanol–water partition coefficient (Wildman–Crippen LogP) is 2.70. The van der Waals surface area contributed by atoms with E-state index in [2.05, 4.69) is 0 Å². The summed E-state index contributed by atoms with van der Waals surface area (Å²) >= 11 is 1.53. The number of hydrogen-bond acceptors (Lipinski definition) is 4. The number of amides is 1. The Morgan fingerprint density at radius 3 is 2.04 bits per heavy atom. The molecule has 0 saturated carbocycles. The van der Waals surface area contributed by atoms with E-state index >= 15 is 0 Å². The number of thioether (sulfide) groups is 1. The summed E-state index contributed by atoms with van der Waals surface area (Å²) < 4.78 is 26.8. The molecule has 2 aromatic carbocycles. The average molecular weight is 391 g/mol. The van der Waals surface area contributed by atoms with Gasteiger partial charge < -0.3 is 4.90 Å². The second kappa shape index (κ2) is 8.24. The lowest BCUT2D eigenvalue weighted by Crippen LogP contribution is -2.52. The van der Waals surface area contributed by atoms with Gasteiger partial charge in [0.05, 0.1) is 10.1 Å². The highest BCUT2D eigenvalue weighted by Gasteiger charge is 2.31. The van der Waals surface area contributed by atoms with Crippen LogP contribution in [0.3, 0.4) is 0 Å². The van der Waals surface area contributed by atoms with Crippen molar-refractivity contribution >= 4 is 27.7 Å². The van der Waals surface area contributed by atoms with Gasteiger partial charge in [-0.15, -0.1) is 11.8 Å². The maximum atomic E-state index is 12.7. The van der Waals surface area contributed by atoms with Gasteiger partial charge in [-0.25, -0.2) is 8.42 Å². The molecule has 1 saturated heterocycles. The van der Waals surface area contributed by atoms with Crippen LogP contribution in [0.4, 0.5) is 0 Å². The van der Waals surface area contributed by atoms with Crippen molar-refractivity contribution in [2.24, 2.45) is 0 Å². The zero-order valence-corrected chi connectivity index (χ0v) is 16.2. The zero-order valence-electron chi connectivity index (χ0n) is 14.6. The normalized spacial score (nSPS) is 17.0. The number of benzene rings is 2. The lowest BCUT2D eigenvalue weighted by Gasteiger charge is -2.35. The summed E-state index contributed by atoms with van der Waals surface area (Å²) in [6.45, 7) is 3.39. The number of hydrogen-bond donors (Lipinski definition) is 0. The van der Waals surface area contributed by atoms with E-state index in [1.165, 1.54) is 16.1 Å². The van der Waals surface area contributed by atoms with E-state index < -0.39 is 10.0 Å². The average Bonchev–Trinajstić information content (AvgIpc) is 2.69. The number of carbonyl (C=O) groups excluding carboxylic acids is 1. The molecule has 26 heavy (non-hydrogen) atoms. The van der Waals surface area contributed by atoms with Crippen LogP contribution in [0.5, 0.6) is 0 Å². The maximum absolute atomic E-state index is 12.7. The molecule has 0 aromatic heterocycles. The number of nitrogens with zero attached hydrogens (tertiary/aromatic N) is 2. The zero-order chi connectivity index (χ0) is 18.6. The van der Waals surface area contributed by atoms with Crippen molar-refractivity contribution in [1.29, 1.82) is 0 Å². The van der Waals surface area contributed by atoms with Crippen LogP contribution < -0.4 is 0 Å². The van der Waals surface area contributed by atoms with Crippen LogP contribution in [0.15, 0.2) is 70.5 Å². The van der Waals surface area contributed by atoms with E-state index in [0.29, 0.717) is 31.1 Å². The second-order valence-corrected chi connectivity index (χ2v) is 9.47. The fourth-order valence-corrected chi connectivity index (χ4v) is 5.32. The lowest BCUT2D eigenvalue weighted by molar-refractivity contribution is -0.131. The minimum Gasteiger partial charge on any atom is -0.339 e. The standard InChI is InChI=1S/C19H22N2O3S2/c1-16(25-17-8-4-2-5-9-17)19(22)20-12-14-21(15-13-20)26(23,24)18-10-6-3-7-11-18/h2-11,16H,12-15H2,1H3/t16-/m1/s1. The predicted molar refractivity (Wildman–Crippen MR) is 104 cm³/mol. The Hall–Kier alpha value is -1.83. The van der Waals surface area contributed by atoms with E-state index in [1.54, 1.807) is 35.2 Å². The quantitative estimate of drug-likeness (QED) is 0.737. The molecule has 7 heteroatoms. The van der Waals surface area contributed by atoms with Crippen LogP contribution in [-0.4, -0.2) is 55.0 Å². The Kier molecular flexibility index (Phi) is 6.01. The summed E-state index contributed by atoms with van der Waals surface area (Å²) in [5.41, 5.74) is 0. The van der Waals surface area contributed by atoms with Crippen molar-refractivity contribution in [3.05, 3.63) is 60.7 Å². The molecule has 138 valence electrons. The first kappa shape index (κ1) is 18.9. The van der Waals surface area contributed by atoms with E-state index in [1.807, 2.05) is 37.3 Å². The first-order valence-electron chi connectivity index (χ1n) is 8.54. The van der Waals surface area contributed by atoms with Crippen molar-refractivity contribution in [1.82, 2.24) is 9.21 Å². The molecule has 1 atom stereocenters. The van der Waals surface area contributed by atoms with Crippen LogP contribution in [-0.2, 0) is 14.8 Å². The Balaban J connectivity index is 1.59. The van der Waals surface area contributed by atoms with Gasteiger partial charge in [0.25, 0.3) is 0 Å². The summed E-state index contributed by atoms with van der Waals surface area (Å²) in [6.07, 6.45) is 0. The molecular formula is C19H22N2O3S2. The van der Waals surface area contributed by atoms with E-state index in [-0.39, 0.29) is 11.2 Å². The Bertz CT molecular complexity index is 834. The van der Waals surface area contributed by atoms with Crippen LogP contribution in [0.2, 0.25) is 0 Å². The second-order valence-electron chi connectivity index (χ2n) is 6.12. The van der Waals surface area contributed by atoms with Gasteiger partial charge in [-0.2, -0.15) is 4.31 Å². The van der Waals surface area contributed by atoms with Gasteiger partial charge in [-0.05, 0) is 31.2 Å². The van der Waals surface area contributed by atoms with Crippen molar-refractivity contribution in [3.8, 4) is 0 Å². The lowest BCUT2D eigenvalue weighted by atomic mass is 10.3. The topological polar surface area (TPSA) is 57.7 Å². The molecule has 0 aliphatic carbocycles. The largest absolute Gasteiger partial charge is 0.339 e. The fraction of sp³-hybridized carbons (Fsp3) is 0.316. The SMILES string of the molecule is C[C@@H](Sc1ccccc1)C(=O)N1CCN(S(=O)(=O)c2ccccc2)CC1. The minimum atomic E-state index is -3.49. The van der Waals surface area contributed by atoms with Gasteiger partial charge in [-0.3, -0.25) is 4.79 Å². The Labute approximate surface area is 159 Å². The highest BCUT2D eigenvalue weighted by atomic mass is 32.2. The Morgan fingerprint density at radius 1 is 0.923 bits per heavy atom. The molecule has 1 heterocycles. The maximum Gasteiger partial charge on any atom is 0.243 e. The summed E-state index contributed by atoms with van der Waals surface area (Å²) in [5.74, 6) is 0.0515. The number of rotatable bonds is 5. The first-order valence-corrected chi connectivity index (χ1v) is 10.9. The highest BCUT2D eigenvalue weighted by Crippen LogP contribution is 2.25. The van der Waals surface area contributed by atoms with Gasteiger partial charge in [-0.1, -0.05) is 36.4 Å². The molecule has 1 fully saturated rings. The molecule has 0 N–H and O–H groups in total. The molecule has 0 radical (unpaired) electrons. The monoisotopic (exact) mass is 390 g/mol. The third-order valence-corrected chi connectivity index (χ3v) is 7.35. The van der Waals surface area contributed by atoms with Gasteiger partial charge in [0.1, 0.15) is 0 Å². The smallest absolute Gasteiger partial charge is 0.243 e. The van der Waals surface area contributed by atoms with Crippen LogP contribution >= 0.6 is 11.8 Å². The first-order chi connectivity index (χ1) is 12.5. The van der Waals surface area contributed by atoms with Crippen LogP contribution in [0.25, 0.3) is 0 Å². The molecule has 3 rings (SSSR count).